The number of fused-ring (bicyclic) bond motifs is 1. The molecule has 0 spiro atoms. The van der Waals surface area contributed by atoms with E-state index in [0.29, 0.717) is 18.6 Å². The zero-order valence-corrected chi connectivity index (χ0v) is 10.2. The molecule has 1 atom stereocenters. The van der Waals surface area contributed by atoms with Gasteiger partial charge in [0.25, 0.3) is 0 Å². The zero-order valence-electron chi connectivity index (χ0n) is 10.2. The number of aromatic nitrogens is 1. The predicted molar refractivity (Wildman–Crippen MR) is 65.5 cm³/mol. The van der Waals surface area contributed by atoms with Crippen molar-refractivity contribution in [2.75, 3.05) is 0 Å². The molecule has 0 saturated heterocycles. The van der Waals surface area contributed by atoms with Crippen molar-refractivity contribution in [1.29, 1.82) is 0 Å². The third-order valence-electron chi connectivity index (χ3n) is 3.58. The van der Waals surface area contributed by atoms with Crippen molar-refractivity contribution in [3.8, 4) is 5.69 Å². The summed E-state index contributed by atoms with van der Waals surface area (Å²) in [6, 6.07) is 3.05. The highest BCUT2D eigenvalue weighted by Gasteiger charge is 2.23. The van der Waals surface area contributed by atoms with E-state index in [1.165, 1.54) is 4.57 Å². The molecule has 0 radical (unpaired) electrons. The summed E-state index contributed by atoms with van der Waals surface area (Å²) in [7, 11) is 0. The van der Waals surface area contributed by atoms with Crippen molar-refractivity contribution < 1.29 is 13.2 Å². The van der Waals surface area contributed by atoms with Crippen LogP contribution in [0, 0.1) is 17.5 Å². The number of benzene rings is 1. The minimum atomic E-state index is -0.920. The van der Waals surface area contributed by atoms with Gasteiger partial charge < -0.3 is 10.3 Å². The van der Waals surface area contributed by atoms with Crippen molar-refractivity contribution in [2.24, 2.45) is 5.73 Å². The summed E-state index contributed by atoms with van der Waals surface area (Å²) in [4.78, 5) is 0. The number of hydrogen-bond acceptors (Lipinski definition) is 1. The van der Waals surface area contributed by atoms with Crippen LogP contribution in [0.25, 0.3) is 5.69 Å². The lowest BCUT2D eigenvalue weighted by molar-refractivity contribution is 0.523. The first-order valence-corrected chi connectivity index (χ1v) is 6.18. The topological polar surface area (TPSA) is 30.9 Å². The first kappa shape index (κ1) is 12.3. The lowest BCUT2D eigenvalue weighted by Crippen LogP contribution is -2.18. The molecular formula is C14H13F3N2. The highest BCUT2D eigenvalue weighted by molar-refractivity contribution is 5.42. The lowest BCUT2D eigenvalue weighted by atomic mass is 9.93. The van der Waals surface area contributed by atoms with Crippen molar-refractivity contribution in [3.63, 3.8) is 0 Å². The predicted octanol–water partition coefficient (Wildman–Crippen LogP) is 3.23. The van der Waals surface area contributed by atoms with Gasteiger partial charge in [0, 0.05) is 30.1 Å². The van der Waals surface area contributed by atoms with Crippen molar-refractivity contribution in [2.45, 2.75) is 25.3 Å². The molecule has 0 aliphatic heterocycles. The summed E-state index contributed by atoms with van der Waals surface area (Å²) in [5, 5.41) is 0. The maximum absolute atomic E-state index is 13.8. The Kier molecular flexibility index (Phi) is 2.86. The molecule has 2 aromatic rings. The Labute approximate surface area is 108 Å². The molecule has 0 amide bonds. The van der Waals surface area contributed by atoms with Crippen LogP contribution >= 0.6 is 0 Å². The summed E-state index contributed by atoms with van der Waals surface area (Å²) in [5.41, 5.74) is 7.46. The molecule has 2 N–H and O–H groups in total. The van der Waals surface area contributed by atoms with Crippen LogP contribution in [0.5, 0.6) is 0 Å². The van der Waals surface area contributed by atoms with Crippen LogP contribution in [0.1, 0.15) is 30.1 Å². The Morgan fingerprint density at radius 3 is 2.53 bits per heavy atom. The Balaban J connectivity index is 2.19. The molecule has 19 heavy (non-hydrogen) atoms. The highest BCUT2D eigenvalue weighted by Crippen LogP contribution is 2.32. The maximum Gasteiger partial charge on any atom is 0.153 e. The molecule has 5 heteroatoms. The Morgan fingerprint density at radius 2 is 1.84 bits per heavy atom. The molecule has 1 aliphatic carbocycles. The molecule has 100 valence electrons. The van der Waals surface area contributed by atoms with Gasteiger partial charge in [-0.3, -0.25) is 0 Å². The van der Waals surface area contributed by atoms with Gasteiger partial charge in [-0.25, -0.2) is 13.2 Å². The lowest BCUT2D eigenvalue weighted by Gasteiger charge is -2.21. The number of halogens is 3. The zero-order chi connectivity index (χ0) is 13.6. The van der Waals surface area contributed by atoms with Crippen LogP contribution in [-0.2, 0) is 6.42 Å². The number of rotatable bonds is 1. The molecule has 1 aromatic carbocycles. The quantitative estimate of drug-likeness (QED) is 0.844. The largest absolute Gasteiger partial charge is 0.324 e. The second-order valence-corrected chi connectivity index (χ2v) is 4.80. The SMILES string of the molecule is NC1CCCc2c1ccn2-c1c(F)cc(F)cc1F. The Hall–Kier alpha value is -1.75. The first-order chi connectivity index (χ1) is 9.08. The fourth-order valence-electron chi connectivity index (χ4n) is 2.70. The molecule has 0 saturated carbocycles. The van der Waals surface area contributed by atoms with Crippen molar-refractivity contribution in [3.05, 3.63) is 53.1 Å². The third kappa shape index (κ3) is 1.94. The summed E-state index contributed by atoms with van der Waals surface area (Å²) in [6.07, 6.45) is 4.05. The van der Waals surface area contributed by atoms with Crippen LogP contribution in [0.3, 0.4) is 0 Å². The van der Waals surface area contributed by atoms with E-state index in [1.807, 2.05) is 0 Å². The molecule has 1 unspecified atom stereocenters. The van der Waals surface area contributed by atoms with Crippen LogP contribution < -0.4 is 5.73 Å². The van der Waals surface area contributed by atoms with Crippen LogP contribution in [-0.4, -0.2) is 4.57 Å². The average molecular weight is 266 g/mol. The van der Waals surface area contributed by atoms with E-state index in [9.17, 15) is 13.2 Å². The van der Waals surface area contributed by atoms with Gasteiger partial charge in [-0.15, -0.1) is 0 Å². The summed E-state index contributed by atoms with van der Waals surface area (Å²) in [6.45, 7) is 0. The fourth-order valence-corrected chi connectivity index (χ4v) is 2.70. The molecule has 0 bridgehead atoms. The standard InChI is InChI=1S/C14H13F3N2/c15-8-6-10(16)14(11(17)7-8)19-5-4-9-12(18)2-1-3-13(9)19/h4-7,12H,1-3,18H2. The van der Waals surface area contributed by atoms with Crippen LogP contribution in [0.4, 0.5) is 13.2 Å². The van der Waals surface area contributed by atoms with Crippen LogP contribution in [0.15, 0.2) is 24.4 Å². The van der Waals surface area contributed by atoms with E-state index in [1.54, 1.807) is 12.3 Å². The molecule has 1 aromatic heterocycles. The first-order valence-electron chi connectivity index (χ1n) is 6.18. The number of hydrogen-bond donors (Lipinski definition) is 1. The van der Waals surface area contributed by atoms with E-state index in [-0.39, 0.29) is 11.7 Å². The van der Waals surface area contributed by atoms with Crippen LogP contribution in [0.2, 0.25) is 0 Å². The van der Waals surface area contributed by atoms with Gasteiger partial charge in [0.15, 0.2) is 11.6 Å². The number of nitrogens with two attached hydrogens (primary N) is 1. The normalized spacial score (nSPS) is 18.4. The van der Waals surface area contributed by atoms with E-state index < -0.39 is 17.5 Å². The van der Waals surface area contributed by atoms with E-state index in [2.05, 4.69) is 0 Å². The molecule has 3 rings (SSSR count). The maximum atomic E-state index is 13.8. The third-order valence-corrected chi connectivity index (χ3v) is 3.58. The van der Waals surface area contributed by atoms with E-state index in [4.69, 9.17) is 5.73 Å². The second kappa shape index (κ2) is 4.42. The van der Waals surface area contributed by atoms with Gasteiger partial charge in [0.05, 0.1) is 0 Å². The van der Waals surface area contributed by atoms with Gasteiger partial charge in [-0.05, 0) is 30.9 Å². The summed E-state index contributed by atoms with van der Waals surface area (Å²) < 4.78 is 42.0. The number of nitrogens with zero attached hydrogens (tertiary/aromatic N) is 1. The summed E-state index contributed by atoms with van der Waals surface area (Å²) >= 11 is 0. The van der Waals surface area contributed by atoms with Gasteiger partial charge in [-0.2, -0.15) is 0 Å². The molecule has 1 aliphatic rings. The average Bonchev–Trinajstić information content (AvgIpc) is 2.73. The molecule has 1 heterocycles. The molecule has 2 nitrogen and oxygen atoms in total. The second-order valence-electron chi connectivity index (χ2n) is 4.80. The minimum absolute atomic E-state index is 0.100. The van der Waals surface area contributed by atoms with Gasteiger partial charge in [-0.1, -0.05) is 0 Å². The van der Waals surface area contributed by atoms with Crippen molar-refractivity contribution >= 4 is 0 Å². The Bertz CT molecular complexity index is 611. The van der Waals surface area contributed by atoms with Gasteiger partial charge in [0.2, 0.25) is 0 Å². The van der Waals surface area contributed by atoms with E-state index in [0.717, 1.165) is 24.1 Å². The summed E-state index contributed by atoms with van der Waals surface area (Å²) in [5.74, 6) is -2.73. The van der Waals surface area contributed by atoms with E-state index >= 15 is 0 Å². The molecule has 0 fully saturated rings. The van der Waals surface area contributed by atoms with Gasteiger partial charge in [0.1, 0.15) is 11.5 Å². The molecular weight excluding hydrogens is 253 g/mol. The fraction of sp³-hybridized carbons (Fsp3) is 0.286. The van der Waals surface area contributed by atoms with Gasteiger partial charge >= 0.3 is 0 Å². The smallest absolute Gasteiger partial charge is 0.153 e. The monoisotopic (exact) mass is 266 g/mol. The highest BCUT2D eigenvalue weighted by atomic mass is 19.1. The Morgan fingerprint density at radius 1 is 1.16 bits per heavy atom. The van der Waals surface area contributed by atoms with Crippen molar-refractivity contribution in [1.82, 2.24) is 4.57 Å². The minimum Gasteiger partial charge on any atom is -0.324 e.